The molecule has 2 aliphatic rings. The number of nitrogens with zero attached hydrogens (tertiary/aromatic N) is 2. The molecule has 4 nitrogen and oxygen atoms in total. The fourth-order valence-electron chi connectivity index (χ4n) is 2.95. The Morgan fingerprint density at radius 2 is 2.19 bits per heavy atom. The molecular formula is C12H22N2O2. The zero-order valence-corrected chi connectivity index (χ0v) is 10.2. The molecule has 4 heteroatoms. The molecule has 1 aliphatic heterocycles. The van der Waals surface area contributed by atoms with Crippen LogP contribution in [0.3, 0.4) is 0 Å². The molecule has 0 radical (unpaired) electrons. The predicted octanol–water partition coefficient (Wildman–Crippen LogP) is 0.167. The summed E-state index contributed by atoms with van der Waals surface area (Å²) in [5.74, 6) is 1.23. The van der Waals surface area contributed by atoms with Crippen LogP contribution in [0.2, 0.25) is 0 Å². The lowest BCUT2D eigenvalue weighted by Gasteiger charge is -2.21. The van der Waals surface area contributed by atoms with Gasteiger partial charge in [-0.25, -0.2) is 0 Å². The molecule has 0 aromatic carbocycles. The topological polar surface area (TPSA) is 43.8 Å². The van der Waals surface area contributed by atoms with Crippen molar-refractivity contribution in [2.24, 2.45) is 11.8 Å². The summed E-state index contributed by atoms with van der Waals surface area (Å²) in [7, 11) is 1.84. The third kappa shape index (κ3) is 2.23. The van der Waals surface area contributed by atoms with Gasteiger partial charge in [-0.05, 0) is 25.7 Å². The van der Waals surface area contributed by atoms with E-state index >= 15 is 0 Å². The standard InChI is InChI=1S/C12H22N2O2/c1-3-13(2)12(16)8-14-6-9-4-5-11(15)10(9)7-14/h9-11,15H,3-8H2,1-2H3. The minimum absolute atomic E-state index is 0.131. The van der Waals surface area contributed by atoms with E-state index in [1.807, 2.05) is 14.0 Å². The Morgan fingerprint density at radius 3 is 2.81 bits per heavy atom. The maximum atomic E-state index is 11.8. The first-order valence-corrected chi connectivity index (χ1v) is 6.26. The predicted molar refractivity (Wildman–Crippen MR) is 62.0 cm³/mol. The number of amides is 1. The van der Waals surface area contributed by atoms with E-state index in [1.54, 1.807) is 4.90 Å². The molecule has 3 atom stereocenters. The van der Waals surface area contributed by atoms with Crippen LogP contribution in [0.15, 0.2) is 0 Å². The number of aliphatic hydroxyl groups excluding tert-OH is 1. The summed E-state index contributed by atoms with van der Waals surface area (Å²) in [6, 6.07) is 0. The number of fused-ring (bicyclic) bond motifs is 1. The molecule has 92 valence electrons. The maximum Gasteiger partial charge on any atom is 0.236 e. The molecule has 0 aromatic rings. The minimum atomic E-state index is -0.131. The van der Waals surface area contributed by atoms with E-state index in [0.717, 1.165) is 32.5 Å². The van der Waals surface area contributed by atoms with Gasteiger partial charge in [0.15, 0.2) is 0 Å². The average Bonchev–Trinajstić information content (AvgIpc) is 2.80. The first kappa shape index (κ1) is 11.9. The third-order valence-electron chi connectivity index (χ3n) is 4.15. The van der Waals surface area contributed by atoms with Crippen LogP contribution in [-0.2, 0) is 4.79 Å². The number of carbonyl (C=O) groups is 1. The van der Waals surface area contributed by atoms with Crippen molar-refractivity contribution in [2.45, 2.75) is 25.9 Å². The quantitative estimate of drug-likeness (QED) is 0.746. The second kappa shape index (κ2) is 4.72. The van der Waals surface area contributed by atoms with Crippen molar-refractivity contribution in [3.8, 4) is 0 Å². The van der Waals surface area contributed by atoms with E-state index in [-0.39, 0.29) is 12.0 Å². The Labute approximate surface area is 97.2 Å². The molecule has 0 bridgehead atoms. The van der Waals surface area contributed by atoms with Crippen molar-refractivity contribution >= 4 is 5.91 Å². The molecule has 2 fully saturated rings. The van der Waals surface area contributed by atoms with Gasteiger partial charge in [-0.1, -0.05) is 0 Å². The van der Waals surface area contributed by atoms with Gasteiger partial charge in [0.05, 0.1) is 12.6 Å². The molecule has 0 aromatic heterocycles. The van der Waals surface area contributed by atoms with Crippen molar-refractivity contribution in [1.29, 1.82) is 0 Å². The van der Waals surface area contributed by atoms with Gasteiger partial charge < -0.3 is 10.0 Å². The van der Waals surface area contributed by atoms with Crippen molar-refractivity contribution in [2.75, 3.05) is 33.2 Å². The Kier molecular flexibility index (Phi) is 3.50. The van der Waals surface area contributed by atoms with Crippen molar-refractivity contribution in [3.63, 3.8) is 0 Å². The molecule has 16 heavy (non-hydrogen) atoms. The molecule has 1 amide bonds. The maximum absolute atomic E-state index is 11.8. The number of carbonyl (C=O) groups excluding carboxylic acids is 1. The lowest BCUT2D eigenvalue weighted by molar-refractivity contribution is -0.130. The number of likely N-dealkylation sites (tertiary alicyclic amines) is 1. The number of aliphatic hydroxyl groups is 1. The van der Waals surface area contributed by atoms with E-state index in [2.05, 4.69) is 4.90 Å². The lowest BCUT2D eigenvalue weighted by atomic mass is 10.00. The van der Waals surface area contributed by atoms with Crippen LogP contribution in [0.1, 0.15) is 19.8 Å². The number of rotatable bonds is 3. The minimum Gasteiger partial charge on any atom is -0.393 e. The second-order valence-electron chi connectivity index (χ2n) is 5.17. The molecule has 1 aliphatic carbocycles. The van der Waals surface area contributed by atoms with Gasteiger partial charge >= 0.3 is 0 Å². The van der Waals surface area contributed by atoms with E-state index in [1.165, 1.54) is 0 Å². The Morgan fingerprint density at radius 1 is 1.44 bits per heavy atom. The van der Waals surface area contributed by atoms with Crippen LogP contribution in [0.25, 0.3) is 0 Å². The zero-order chi connectivity index (χ0) is 11.7. The molecule has 1 saturated heterocycles. The highest BCUT2D eigenvalue weighted by atomic mass is 16.3. The first-order chi connectivity index (χ1) is 7.61. The van der Waals surface area contributed by atoms with Crippen molar-refractivity contribution < 1.29 is 9.90 Å². The van der Waals surface area contributed by atoms with E-state index in [9.17, 15) is 9.90 Å². The van der Waals surface area contributed by atoms with E-state index in [0.29, 0.717) is 18.4 Å². The lowest BCUT2D eigenvalue weighted by Crippen LogP contribution is -2.38. The summed E-state index contributed by atoms with van der Waals surface area (Å²) in [4.78, 5) is 15.7. The molecule has 0 spiro atoms. The van der Waals surface area contributed by atoms with Crippen LogP contribution in [0.5, 0.6) is 0 Å². The van der Waals surface area contributed by atoms with Gasteiger partial charge in [-0.2, -0.15) is 0 Å². The van der Waals surface area contributed by atoms with Gasteiger partial charge in [0.1, 0.15) is 0 Å². The largest absolute Gasteiger partial charge is 0.393 e. The summed E-state index contributed by atoms with van der Waals surface area (Å²) >= 11 is 0. The Balaban J connectivity index is 1.83. The summed E-state index contributed by atoms with van der Waals surface area (Å²) in [6.45, 7) is 5.16. The van der Waals surface area contributed by atoms with E-state index in [4.69, 9.17) is 0 Å². The van der Waals surface area contributed by atoms with E-state index < -0.39 is 0 Å². The highest BCUT2D eigenvalue weighted by Crippen LogP contribution is 2.37. The van der Waals surface area contributed by atoms with Gasteiger partial charge in [0.2, 0.25) is 5.91 Å². The van der Waals surface area contributed by atoms with Crippen LogP contribution in [-0.4, -0.2) is 60.1 Å². The van der Waals surface area contributed by atoms with Crippen LogP contribution in [0, 0.1) is 11.8 Å². The summed E-state index contributed by atoms with van der Waals surface area (Å²) in [5, 5.41) is 9.78. The SMILES string of the molecule is CCN(C)C(=O)CN1CC2CCC(O)C2C1. The molecule has 2 rings (SSSR count). The molecule has 1 saturated carbocycles. The molecule has 3 unspecified atom stereocenters. The van der Waals surface area contributed by atoms with Gasteiger partial charge in [0.25, 0.3) is 0 Å². The summed E-state index contributed by atoms with van der Waals surface area (Å²) in [6.07, 6.45) is 1.94. The fourth-order valence-corrected chi connectivity index (χ4v) is 2.95. The Hall–Kier alpha value is -0.610. The van der Waals surface area contributed by atoms with Crippen LogP contribution < -0.4 is 0 Å². The van der Waals surface area contributed by atoms with Crippen molar-refractivity contribution in [3.05, 3.63) is 0 Å². The number of hydrogen-bond acceptors (Lipinski definition) is 3. The van der Waals surface area contributed by atoms with Gasteiger partial charge in [-0.3, -0.25) is 9.69 Å². The van der Waals surface area contributed by atoms with Crippen LogP contribution >= 0.6 is 0 Å². The number of likely N-dealkylation sites (N-methyl/N-ethyl adjacent to an activating group) is 1. The monoisotopic (exact) mass is 226 g/mol. The average molecular weight is 226 g/mol. The zero-order valence-electron chi connectivity index (χ0n) is 10.2. The number of hydrogen-bond donors (Lipinski definition) is 1. The molecular weight excluding hydrogens is 204 g/mol. The smallest absolute Gasteiger partial charge is 0.236 e. The van der Waals surface area contributed by atoms with Gasteiger partial charge in [0, 0.05) is 32.6 Å². The fraction of sp³-hybridized carbons (Fsp3) is 0.917. The highest BCUT2D eigenvalue weighted by Gasteiger charge is 2.42. The van der Waals surface area contributed by atoms with Crippen LogP contribution in [0.4, 0.5) is 0 Å². The summed E-state index contributed by atoms with van der Waals surface area (Å²) in [5.41, 5.74) is 0. The Bertz CT molecular complexity index is 270. The highest BCUT2D eigenvalue weighted by molar-refractivity contribution is 5.77. The first-order valence-electron chi connectivity index (χ1n) is 6.26. The normalized spacial score (nSPS) is 34.1. The summed E-state index contributed by atoms with van der Waals surface area (Å²) < 4.78 is 0. The third-order valence-corrected chi connectivity index (χ3v) is 4.15. The molecule has 1 N–H and O–H groups in total. The van der Waals surface area contributed by atoms with Gasteiger partial charge in [-0.15, -0.1) is 0 Å². The molecule has 1 heterocycles. The second-order valence-corrected chi connectivity index (χ2v) is 5.17. The van der Waals surface area contributed by atoms with Crippen molar-refractivity contribution in [1.82, 2.24) is 9.80 Å².